The summed E-state index contributed by atoms with van der Waals surface area (Å²) in [6.07, 6.45) is 1.90. The lowest BCUT2D eigenvalue weighted by Crippen LogP contribution is -2.39. The molecule has 1 aliphatic carbocycles. The lowest BCUT2D eigenvalue weighted by atomic mass is 10.2. The topological polar surface area (TPSA) is 73.2 Å². The average molecular weight is 362 g/mol. The predicted molar refractivity (Wildman–Crippen MR) is 95.5 cm³/mol. The van der Waals surface area contributed by atoms with E-state index in [1.807, 2.05) is 19.9 Å². The van der Waals surface area contributed by atoms with Crippen molar-refractivity contribution in [2.75, 3.05) is 0 Å². The number of hydrogen-bond donors (Lipinski definition) is 1. The van der Waals surface area contributed by atoms with Crippen LogP contribution in [0.2, 0.25) is 5.02 Å². The van der Waals surface area contributed by atoms with Gasteiger partial charge in [0.25, 0.3) is 11.5 Å². The lowest BCUT2D eigenvalue weighted by Gasteiger charge is -2.17. The van der Waals surface area contributed by atoms with Crippen LogP contribution in [0.3, 0.4) is 0 Å². The molecule has 0 radical (unpaired) electrons. The van der Waals surface area contributed by atoms with Gasteiger partial charge in [-0.05, 0) is 43.9 Å². The third kappa shape index (κ3) is 4.20. The molecule has 0 saturated heterocycles. The largest absolute Gasteiger partial charge is 0.463 e. The van der Waals surface area contributed by atoms with Crippen LogP contribution in [0.4, 0.5) is 0 Å². The number of ether oxygens (including phenoxy) is 1. The maximum absolute atomic E-state index is 12.2. The van der Waals surface area contributed by atoms with Crippen molar-refractivity contribution in [1.29, 1.82) is 0 Å². The van der Waals surface area contributed by atoms with E-state index in [0.717, 1.165) is 18.4 Å². The van der Waals surface area contributed by atoms with Crippen molar-refractivity contribution in [3.8, 4) is 11.6 Å². The molecule has 6 nitrogen and oxygen atoms in total. The Kier molecular flexibility index (Phi) is 5.08. The number of carbonyl (C=O) groups is 1. The number of carbonyl (C=O) groups excluding carboxylic acids is 1. The average Bonchev–Trinajstić information content (AvgIpc) is 3.40. The first-order valence-electron chi connectivity index (χ1n) is 8.32. The van der Waals surface area contributed by atoms with Gasteiger partial charge in [-0.3, -0.25) is 9.59 Å². The Bertz CT molecular complexity index is 846. The van der Waals surface area contributed by atoms with Crippen molar-refractivity contribution >= 4 is 17.5 Å². The second kappa shape index (κ2) is 7.27. The molecule has 1 aliphatic rings. The Morgan fingerprint density at radius 2 is 2.16 bits per heavy atom. The zero-order valence-corrected chi connectivity index (χ0v) is 14.9. The van der Waals surface area contributed by atoms with Gasteiger partial charge in [-0.2, -0.15) is 4.68 Å². The minimum absolute atomic E-state index is 0.150. The Morgan fingerprint density at radius 1 is 1.40 bits per heavy atom. The molecule has 132 valence electrons. The third-order valence-electron chi connectivity index (χ3n) is 4.03. The van der Waals surface area contributed by atoms with E-state index in [4.69, 9.17) is 16.3 Å². The summed E-state index contributed by atoms with van der Waals surface area (Å²) in [5.74, 6) is 0.0697. The highest BCUT2D eigenvalue weighted by molar-refractivity contribution is 6.30. The molecule has 1 heterocycles. The normalized spacial score (nSPS) is 14.8. The summed E-state index contributed by atoms with van der Waals surface area (Å²) >= 11 is 6.03. The van der Waals surface area contributed by atoms with Crippen LogP contribution in [0.15, 0.2) is 35.1 Å². The van der Waals surface area contributed by atoms with Crippen LogP contribution < -0.4 is 15.6 Å². The number of amides is 1. The number of aryl methyl sites for hydroxylation is 1. The smallest absolute Gasteiger partial charge is 0.271 e. The second-order valence-corrected chi connectivity index (χ2v) is 6.59. The first-order valence-corrected chi connectivity index (χ1v) is 8.69. The van der Waals surface area contributed by atoms with Crippen LogP contribution >= 0.6 is 11.6 Å². The number of halogens is 1. The zero-order chi connectivity index (χ0) is 18.0. The van der Waals surface area contributed by atoms with Gasteiger partial charge in [0.2, 0.25) is 5.88 Å². The number of aromatic nitrogens is 2. The Hall–Kier alpha value is -2.34. The van der Waals surface area contributed by atoms with Gasteiger partial charge in [-0.15, -0.1) is 5.10 Å². The van der Waals surface area contributed by atoms with E-state index in [9.17, 15) is 9.59 Å². The van der Waals surface area contributed by atoms with Gasteiger partial charge in [-0.25, -0.2) is 0 Å². The van der Waals surface area contributed by atoms with Gasteiger partial charge >= 0.3 is 0 Å². The molecule has 1 atom stereocenters. The van der Waals surface area contributed by atoms with Crippen molar-refractivity contribution in [2.45, 2.75) is 45.3 Å². The molecule has 1 saturated carbocycles. The predicted octanol–water partition coefficient (Wildman–Crippen LogP) is 2.63. The zero-order valence-electron chi connectivity index (χ0n) is 14.2. The molecule has 1 N–H and O–H groups in total. The maximum atomic E-state index is 12.2. The highest BCUT2D eigenvalue weighted by Crippen LogP contribution is 2.20. The summed E-state index contributed by atoms with van der Waals surface area (Å²) in [6, 6.07) is 8.35. The molecule has 1 aromatic heterocycles. The molecular formula is C18H20ClN3O3. The summed E-state index contributed by atoms with van der Waals surface area (Å²) in [6.45, 7) is 3.74. The number of nitrogens with zero attached hydrogens (tertiary/aromatic N) is 2. The monoisotopic (exact) mass is 361 g/mol. The van der Waals surface area contributed by atoms with Crippen molar-refractivity contribution in [2.24, 2.45) is 0 Å². The van der Waals surface area contributed by atoms with Crippen molar-refractivity contribution in [1.82, 2.24) is 15.1 Å². The van der Waals surface area contributed by atoms with Crippen LogP contribution in [0, 0.1) is 6.92 Å². The van der Waals surface area contributed by atoms with Crippen molar-refractivity contribution in [3.63, 3.8) is 0 Å². The summed E-state index contributed by atoms with van der Waals surface area (Å²) in [5.41, 5.74) is 1.14. The summed E-state index contributed by atoms with van der Waals surface area (Å²) in [7, 11) is 0. The number of hydrogen-bond acceptors (Lipinski definition) is 4. The molecule has 1 aromatic carbocycles. The fraction of sp³-hybridized carbons (Fsp3) is 0.389. The van der Waals surface area contributed by atoms with Crippen LogP contribution in [0.5, 0.6) is 5.88 Å². The van der Waals surface area contributed by atoms with E-state index >= 15 is 0 Å². The number of rotatable bonds is 6. The minimum atomic E-state index is -0.639. The summed E-state index contributed by atoms with van der Waals surface area (Å²) in [4.78, 5) is 24.4. The van der Waals surface area contributed by atoms with E-state index in [-0.39, 0.29) is 23.4 Å². The Labute approximate surface area is 150 Å². The standard InChI is InChI=1S/C18H20ClN3O3/c1-3-15(18(24)20-13-6-7-13)25-16-8-9-17(23)22(21-16)14-10-12(19)5-4-11(14)2/h4-5,8-10,13,15H,3,6-7H2,1-2H3,(H,20,24). The van der Waals surface area contributed by atoms with Gasteiger partial charge in [0.15, 0.2) is 6.10 Å². The summed E-state index contributed by atoms with van der Waals surface area (Å²) in [5, 5.41) is 7.68. The van der Waals surface area contributed by atoms with Crippen LogP contribution in [-0.4, -0.2) is 27.8 Å². The van der Waals surface area contributed by atoms with Crippen LogP contribution in [-0.2, 0) is 4.79 Å². The van der Waals surface area contributed by atoms with E-state index in [0.29, 0.717) is 17.1 Å². The van der Waals surface area contributed by atoms with Gasteiger partial charge in [0.1, 0.15) is 0 Å². The lowest BCUT2D eigenvalue weighted by molar-refractivity contribution is -0.128. The van der Waals surface area contributed by atoms with E-state index in [2.05, 4.69) is 10.4 Å². The molecule has 1 amide bonds. The number of benzene rings is 1. The first-order chi connectivity index (χ1) is 12.0. The van der Waals surface area contributed by atoms with E-state index in [1.54, 1.807) is 12.1 Å². The molecule has 2 aromatic rings. The highest BCUT2D eigenvalue weighted by Gasteiger charge is 2.28. The SMILES string of the molecule is CCC(Oc1ccc(=O)n(-c2cc(Cl)ccc2C)n1)C(=O)NC1CC1. The Morgan fingerprint density at radius 3 is 2.84 bits per heavy atom. The fourth-order valence-corrected chi connectivity index (χ4v) is 2.60. The highest BCUT2D eigenvalue weighted by atomic mass is 35.5. The summed E-state index contributed by atoms with van der Waals surface area (Å²) < 4.78 is 6.96. The Balaban J connectivity index is 1.86. The molecule has 1 unspecified atom stereocenters. The molecule has 1 fully saturated rings. The van der Waals surface area contributed by atoms with Gasteiger partial charge in [-0.1, -0.05) is 24.6 Å². The molecule has 7 heteroatoms. The molecule has 0 aliphatic heterocycles. The quantitative estimate of drug-likeness (QED) is 0.858. The van der Waals surface area contributed by atoms with Gasteiger partial charge in [0.05, 0.1) is 5.69 Å². The van der Waals surface area contributed by atoms with Crippen LogP contribution in [0.25, 0.3) is 5.69 Å². The van der Waals surface area contributed by atoms with Gasteiger partial charge in [0, 0.05) is 23.2 Å². The fourth-order valence-electron chi connectivity index (χ4n) is 2.43. The molecule has 25 heavy (non-hydrogen) atoms. The van der Waals surface area contributed by atoms with E-state index in [1.165, 1.54) is 16.8 Å². The van der Waals surface area contributed by atoms with Crippen molar-refractivity contribution in [3.05, 3.63) is 51.3 Å². The minimum Gasteiger partial charge on any atom is -0.463 e. The second-order valence-electron chi connectivity index (χ2n) is 6.15. The van der Waals surface area contributed by atoms with Crippen molar-refractivity contribution < 1.29 is 9.53 Å². The third-order valence-corrected chi connectivity index (χ3v) is 4.26. The molecule has 3 rings (SSSR count). The van der Waals surface area contributed by atoms with Gasteiger partial charge < -0.3 is 10.1 Å². The molecule has 0 spiro atoms. The van der Waals surface area contributed by atoms with Crippen LogP contribution in [0.1, 0.15) is 31.7 Å². The van der Waals surface area contributed by atoms with E-state index < -0.39 is 6.10 Å². The molecular weight excluding hydrogens is 342 g/mol. The number of nitrogens with one attached hydrogen (secondary N) is 1. The first kappa shape index (κ1) is 17.5. The maximum Gasteiger partial charge on any atom is 0.271 e. The molecule has 0 bridgehead atoms.